The van der Waals surface area contributed by atoms with Gasteiger partial charge in [0.25, 0.3) is 0 Å². The number of nitrogens with zero attached hydrogens (tertiary/aromatic N) is 2. The summed E-state index contributed by atoms with van der Waals surface area (Å²) in [7, 11) is 0. The second kappa shape index (κ2) is 1.11. The van der Waals surface area contributed by atoms with E-state index in [2.05, 4.69) is 5.10 Å². The summed E-state index contributed by atoms with van der Waals surface area (Å²) in [5.74, 6) is 0. The molecular weight excluding hydrogens is 128 g/mol. The molecule has 4 heteroatoms. The number of hydrogen-bond acceptors (Lipinski definition) is 4. The predicted molar refractivity (Wildman–Crippen MR) is 33.9 cm³/mol. The van der Waals surface area contributed by atoms with Gasteiger partial charge in [-0.15, -0.1) is 0 Å². The first-order valence-electron chi connectivity index (χ1n) is 2.04. The molecule has 0 spiro atoms. The minimum atomic E-state index is 0.653. The van der Waals surface area contributed by atoms with Gasteiger partial charge in [0.2, 0.25) is 0 Å². The molecule has 7 heavy (non-hydrogen) atoms. The molecule has 1 atom stereocenters. The van der Waals surface area contributed by atoms with E-state index in [9.17, 15) is 0 Å². The van der Waals surface area contributed by atoms with Gasteiger partial charge in [-0.05, 0) is 6.92 Å². The molecule has 0 N–H and O–H groups in total. The number of fused-ring (bicyclic) bond motifs is 1. The molecule has 1 fully saturated rings. The molecule has 1 saturated heterocycles. The molecule has 2 heterocycles. The summed E-state index contributed by atoms with van der Waals surface area (Å²) in [6.45, 7) is 2.04. The van der Waals surface area contributed by atoms with E-state index >= 15 is 0 Å². The standard InChI is InChI=1S/C3H4N2S2/c1-2-4-5-3(6-2)7-5/h3H,1H3. The van der Waals surface area contributed by atoms with Gasteiger partial charge in [0, 0.05) is 11.9 Å². The maximum absolute atomic E-state index is 4.14. The van der Waals surface area contributed by atoms with Crippen LogP contribution in [0, 0.1) is 0 Å². The monoisotopic (exact) mass is 132 g/mol. The summed E-state index contributed by atoms with van der Waals surface area (Å²) in [6, 6.07) is 0. The van der Waals surface area contributed by atoms with Crippen molar-refractivity contribution in [1.82, 2.24) is 4.41 Å². The summed E-state index contributed by atoms with van der Waals surface area (Å²) in [5, 5.41) is 5.34. The zero-order chi connectivity index (χ0) is 4.85. The molecule has 0 amide bonds. The summed E-state index contributed by atoms with van der Waals surface area (Å²) in [4.78, 5) is 0. The van der Waals surface area contributed by atoms with Gasteiger partial charge >= 0.3 is 0 Å². The minimum absolute atomic E-state index is 0.653. The van der Waals surface area contributed by atoms with Crippen molar-refractivity contribution < 1.29 is 0 Å². The van der Waals surface area contributed by atoms with E-state index in [-0.39, 0.29) is 0 Å². The van der Waals surface area contributed by atoms with E-state index in [0.717, 1.165) is 0 Å². The highest BCUT2D eigenvalue weighted by atomic mass is 32.2. The normalized spacial score (nSPS) is 35.3. The van der Waals surface area contributed by atoms with Crippen molar-refractivity contribution in [3.63, 3.8) is 0 Å². The van der Waals surface area contributed by atoms with Crippen molar-refractivity contribution in [3.8, 4) is 0 Å². The second-order valence-electron chi connectivity index (χ2n) is 1.45. The average Bonchev–Trinajstić information content (AvgIpc) is 2.15. The molecule has 0 radical (unpaired) electrons. The van der Waals surface area contributed by atoms with Crippen molar-refractivity contribution >= 4 is 28.8 Å². The fourth-order valence-corrected chi connectivity index (χ4v) is 2.46. The van der Waals surface area contributed by atoms with E-state index in [1.165, 1.54) is 5.04 Å². The van der Waals surface area contributed by atoms with Crippen LogP contribution < -0.4 is 0 Å². The predicted octanol–water partition coefficient (Wildman–Crippen LogP) is 1.31. The molecular formula is C3H4N2S2. The highest BCUT2D eigenvalue weighted by molar-refractivity contribution is 8.29. The Morgan fingerprint density at radius 3 is 3.00 bits per heavy atom. The topological polar surface area (TPSA) is 15.4 Å². The van der Waals surface area contributed by atoms with Crippen LogP contribution in [0.3, 0.4) is 0 Å². The molecule has 2 nitrogen and oxygen atoms in total. The fraction of sp³-hybridized carbons (Fsp3) is 0.667. The van der Waals surface area contributed by atoms with Gasteiger partial charge in [0.1, 0.15) is 0 Å². The Morgan fingerprint density at radius 2 is 2.71 bits per heavy atom. The van der Waals surface area contributed by atoms with E-state index in [4.69, 9.17) is 0 Å². The lowest BCUT2D eigenvalue weighted by atomic mass is 10.9. The lowest BCUT2D eigenvalue weighted by molar-refractivity contribution is 0.676. The van der Waals surface area contributed by atoms with Gasteiger partial charge in [0.05, 0.1) is 5.04 Å². The van der Waals surface area contributed by atoms with Gasteiger partial charge in [0.15, 0.2) is 4.71 Å². The van der Waals surface area contributed by atoms with Gasteiger partial charge in [-0.25, -0.2) is 4.41 Å². The Morgan fingerprint density at radius 1 is 1.86 bits per heavy atom. The van der Waals surface area contributed by atoms with Crippen molar-refractivity contribution in [2.75, 3.05) is 0 Å². The van der Waals surface area contributed by atoms with E-state index in [0.29, 0.717) is 4.71 Å². The summed E-state index contributed by atoms with van der Waals surface area (Å²) < 4.78 is 2.67. The Labute approximate surface area is 50.5 Å². The van der Waals surface area contributed by atoms with Gasteiger partial charge in [-0.3, -0.25) is 0 Å². The summed E-state index contributed by atoms with van der Waals surface area (Å²) in [5.41, 5.74) is 0. The van der Waals surface area contributed by atoms with Crippen LogP contribution in [0.25, 0.3) is 0 Å². The first-order valence-corrected chi connectivity index (χ1v) is 3.76. The Hall–Kier alpha value is 0.170. The van der Waals surface area contributed by atoms with Crippen LogP contribution in [-0.2, 0) is 0 Å². The van der Waals surface area contributed by atoms with Gasteiger partial charge in [-0.1, -0.05) is 11.8 Å². The zero-order valence-electron chi connectivity index (χ0n) is 3.79. The third kappa shape index (κ3) is 0.534. The van der Waals surface area contributed by atoms with Crippen molar-refractivity contribution in [2.45, 2.75) is 11.6 Å². The third-order valence-corrected chi connectivity index (χ3v) is 3.02. The van der Waals surface area contributed by atoms with Gasteiger partial charge < -0.3 is 0 Å². The molecule has 0 aromatic carbocycles. The minimum Gasteiger partial charge on any atom is -0.210 e. The van der Waals surface area contributed by atoms with Crippen LogP contribution in [0.15, 0.2) is 5.10 Å². The lowest BCUT2D eigenvalue weighted by Crippen LogP contribution is -1.75. The summed E-state index contributed by atoms with van der Waals surface area (Å²) in [6.07, 6.45) is 0. The van der Waals surface area contributed by atoms with E-state index in [1.54, 1.807) is 11.9 Å². The number of hydrazone groups is 1. The van der Waals surface area contributed by atoms with Crippen molar-refractivity contribution in [1.29, 1.82) is 0 Å². The molecule has 2 aliphatic heterocycles. The van der Waals surface area contributed by atoms with Crippen molar-refractivity contribution in [3.05, 3.63) is 0 Å². The number of rotatable bonds is 0. The average molecular weight is 132 g/mol. The molecule has 2 rings (SSSR count). The molecule has 0 saturated carbocycles. The Bertz CT molecular complexity index is 133. The smallest absolute Gasteiger partial charge is 0.176 e. The number of hydrogen-bond donors (Lipinski definition) is 0. The molecule has 0 aliphatic carbocycles. The third-order valence-electron chi connectivity index (χ3n) is 0.844. The van der Waals surface area contributed by atoms with Crippen molar-refractivity contribution in [2.24, 2.45) is 5.10 Å². The first kappa shape index (κ1) is 4.09. The Balaban J connectivity index is 2.22. The van der Waals surface area contributed by atoms with Crippen LogP contribution in [0.1, 0.15) is 6.92 Å². The quantitative estimate of drug-likeness (QED) is 0.365. The number of thioether (sulfide) groups is 1. The second-order valence-corrected chi connectivity index (χ2v) is 4.05. The highest BCUT2D eigenvalue weighted by Crippen LogP contribution is 2.52. The molecule has 0 aromatic heterocycles. The van der Waals surface area contributed by atoms with Crippen LogP contribution >= 0.6 is 23.7 Å². The summed E-state index contributed by atoms with van der Waals surface area (Å²) >= 11 is 3.62. The molecule has 2 aliphatic rings. The molecule has 1 unspecified atom stereocenters. The van der Waals surface area contributed by atoms with Crippen LogP contribution in [0.2, 0.25) is 0 Å². The Kier molecular flexibility index (Phi) is 0.650. The van der Waals surface area contributed by atoms with Crippen LogP contribution in [0.5, 0.6) is 0 Å². The lowest BCUT2D eigenvalue weighted by Gasteiger charge is -1.81. The maximum atomic E-state index is 4.14. The molecule has 38 valence electrons. The molecule has 0 aromatic rings. The van der Waals surface area contributed by atoms with Crippen LogP contribution in [0.4, 0.5) is 0 Å². The van der Waals surface area contributed by atoms with Gasteiger partial charge in [-0.2, -0.15) is 5.10 Å². The molecule has 0 bridgehead atoms. The van der Waals surface area contributed by atoms with E-state index < -0.39 is 0 Å². The van der Waals surface area contributed by atoms with Crippen LogP contribution in [-0.4, -0.2) is 14.2 Å². The SMILES string of the molecule is CC1=NN2SC2S1. The van der Waals surface area contributed by atoms with E-state index in [1.807, 2.05) is 23.1 Å². The highest BCUT2D eigenvalue weighted by Gasteiger charge is 2.41. The first-order chi connectivity index (χ1) is 3.36. The maximum Gasteiger partial charge on any atom is 0.176 e. The zero-order valence-corrected chi connectivity index (χ0v) is 5.42. The fourth-order valence-electron chi connectivity index (χ4n) is 0.511. The largest absolute Gasteiger partial charge is 0.210 e.